The second-order valence-electron chi connectivity index (χ2n) is 6.30. The molecule has 26 heavy (non-hydrogen) atoms. The van der Waals surface area contributed by atoms with Crippen LogP contribution in [0.3, 0.4) is 0 Å². The highest BCUT2D eigenvalue weighted by Crippen LogP contribution is 2.28. The molecular formula is C19H26O7. The monoisotopic (exact) mass is 366 g/mol. The third-order valence-corrected chi connectivity index (χ3v) is 4.50. The Morgan fingerprint density at radius 3 is 2.46 bits per heavy atom. The van der Waals surface area contributed by atoms with E-state index in [1.54, 1.807) is 45.4 Å². The third-order valence-electron chi connectivity index (χ3n) is 4.50. The van der Waals surface area contributed by atoms with E-state index in [4.69, 9.17) is 14.2 Å². The Morgan fingerprint density at radius 2 is 1.81 bits per heavy atom. The number of hydrogen-bond acceptors (Lipinski definition) is 7. The fourth-order valence-electron chi connectivity index (χ4n) is 2.89. The number of methoxy groups -OCH3 is 2. The zero-order chi connectivity index (χ0) is 19.3. The van der Waals surface area contributed by atoms with E-state index in [1.807, 2.05) is 0 Å². The highest BCUT2D eigenvalue weighted by atomic mass is 16.5. The normalized spacial score (nSPS) is 28.9. The van der Waals surface area contributed by atoms with Gasteiger partial charge in [-0.05, 0) is 37.1 Å². The number of carbonyl (C=O) groups is 1. The molecule has 1 aliphatic rings. The van der Waals surface area contributed by atoms with Gasteiger partial charge in [0.2, 0.25) is 0 Å². The quantitative estimate of drug-likeness (QED) is 0.617. The van der Waals surface area contributed by atoms with E-state index in [9.17, 15) is 20.1 Å². The number of allylic oxidation sites excluding steroid dienone is 1. The number of aliphatic hydroxyl groups is 3. The molecule has 0 saturated carbocycles. The minimum Gasteiger partial charge on any atom is -0.493 e. The molecule has 2 rings (SSSR count). The molecule has 1 aliphatic heterocycles. The molecule has 2 unspecified atom stereocenters. The fourth-order valence-corrected chi connectivity index (χ4v) is 2.89. The molecule has 1 heterocycles. The molecule has 0 bridgehead atoms. The lowest BCUT2D eigenvalue weighted by atomic mass is 9.93. The van der Waals surface area contributed by atoms with Gasteiger partial charge in [0.05, 0.1) is 26.4 Å². The number of hydrogen-bond donors (Lipinski definition) is 3. The zero-order valence-corrected chi connectivity index (χ0v) is 15.2. The van der Waals surface area contributed by atoms with Crippen LogP contribution in [0, 0.1) is 0 Å². The van der Waals surface area contributed by atoms with Crippen LogP contribution in [0.15, 0.2) is 24.3 Å². The van der Waals surface area contributed by atoms with E-state index in [0.29, 0.717) is 11.5 Å². The average molecular weight is 366 g/mol. The van der Waals surface area contributed by atoms with E-state index in [-0.39, 0.29) is 18.6 Å². The van der Waals surface area contributed by atoms with Crippen molar-refractivity contribution in [3.05, 3.63) is 29.8 Å². The summed E-state index contributed by atoms with van der Waals surface area (Å²) in [7, 11) is 3.09. The van der Waals surface area contributed by atoms with Crippen LogP contribution in [-0.2, 0) is 9.53 Å². The minimum atomic E-state index is -1.28. The minimum absolute atomic E-state index is 0.135. The lowest BCUT2D eigenvalue weighted by Gasteiger charge is -2.39. The molecule has 1 fully saturated rings. The summed E-state index contributed by atoms with van der Waals surface area (Å²) in [6, 6.07) is 5.32. The van der Waals surface area contributed by atoms with Crippen LogP contribution in [0.5, 0.6) is 11.5 Å². The van der Waals surface area contributed by atoms with Crippen LogP contribution in [-0.4, -0.2) is 65.8 Å². The highest BCUT2D eigenvalue weighted by molar-refractivity contribution is 5.93. The molecule has 1 saturated heterocycles. The molecule has 0 amide bonds. The van der Waals surface area contributed by atoms with Crippen LogP contribution in [0.4, 0.5) is 0 Å². The fraction of sp³-hybridized carbons (Fsp3) is 0.526. The first-order valence-electron chi connectivity index (χ1n) is 8.50. The largest absolute Gasteiger partial charge is 0.493 e. The van der Waals surface area contributed by atoms with E-state index in [1.165, 1.54) is 6.08 Å². The van der Waals surface area contributed by atoms with Crippen LogP contribution in [0.25, 0.3) is 6.08 Å². The summed E-state index contributed by atoms with van der Waals surface area (Å²) >= 11 is 0. The first-order valence-corrected chi connectivity index (χ1v) is 8.50. The predicted molar refractivity (Wildman–Crippen MR) is 95.2 cm³/mol. The Kier molecular flexibility index (Phi) is 7.16. The van der Waals surface area contributed by atoms with Crippen molar-refractivity contribution in [2.75, 3.05) is 14.2 Å². The molecule has 7 nitrogen and oxygen atoms in total. The Balaban J connectivity index is 1.91. The average Bonchev–Trinajstić information content (AvgIpc) is 2.66. The Bertz CT molecular complexity index is 643. The summed E-state index contributed by atoms with van der Waals surface area (Å²) in [6.45, 7) is 1.62. The van der Waals surface area contributed by atoms with Crippen LogP contribution >= 0.6 is 0 Å². The summed E-state index contributed by atoms with van der Waals surface area (Å²) in [6.07, 6.45) is -1.40. The molecule has 1 aromatic rings. The number of ether oxygens (including phenoxy) is 3. The lowest BCUT2D eigenvalue weighted by molar-refractivity contribution is -0.218. The second kappa shape index (κ2) is 9.14. The molecule has 7 heteroatoms. The molecule has 1 aromatic carbocycles. The molecule has 3 N–H and O–H groups in total. The Labute approximate surface area is 152 Å². The smallest absolute Gasteiger partial charge is 0.161 e. The zero-order valence-electron chi connectivity index (χ0n) is 15.2. The van der Waals surface area contributed by atoms with Gasteiger partial charge in [0.15, 0.2) is 17.3 Å². The second-order valence-corrected chi connectivity index (χ2v) is 6.30. The standard InChI is InChI=1S/C19H26O7/c1-11-17(21)19(23)18(22)15(26-11)9-7-13(20)6-4-12-5-8-14(24-2)16(10-12)25-3/h4-6,8,10-11,15,17-19,21-23H,7,9H2,1-3H3/b6-4+/t11?,15-,17-,18?,19+/m1/s1. The summed E-state index contributed by atoms with van der Waals surface area (Å²) in [5, 5.41) is 29.4. The number of carbonyl (C=O) groups excluding carboxylic acids is 1. The lowest BCUT2D eigenvalue weighted by Crippen LogP contribution is -2.56. The van der Waals surface area contributed by atoms with Crippen LogP contribution < -0.4 is 9.47 Å². The molecule has 0 aromatic heterocycles. The van der Waals surface area contributed by atoms with Gasteiger partial charge >= 0.3 is 0 Å². The Hall–Kier alpha value is -1.93. The van der Waals surface area contributed by atoms with Crippen molar-refractivity contribution in [1.82, 2.24) is 0 Å². The van der Waals surface area contributed by atoms with Gasteiger partial charge in [0.1, 0.15) is 18.3 Å². The van der Waals surface area contributed by atoms with Crippen LogP contribution in [0.1, 0.15) is 25.3 Å². The summed E-state index contributed by atoms with van der Waals surface area (Å²) in [5.74, 6) is 1.04. The SMILES string of the molecule is COc1ccc(/C=C/C(=O)CC[C@H]2OC(C)[C@@H](O)[C@H](O)C2O)cc1OC. The van der Waals surface area contributed by atoms with Gasteiger partial charge < -0.3 is 29.5 Å². The number of aliphatic hydroxyl groups excluding tert-OH is 3. The molecule has 0 spiro atoms. The van der Waals surface area contributed by atoms with Gasteiger partial charge in [-0.1, -0.05) is 12.1 Å². The Morgan fingerprint density at radius 1 is 1.12 bits per heavy atom. The van der Waals surface area contributed by atoms with Crippen LogP contribution in [0.2, 0.25) is 0 Å². The van der Waals surface area contributed by atoms with E-state index >= 15 is 0 Å². The summed E-state index contributed by atoms with van der Waals surface area (Å²) in [5.41, 5.74) is 0.789. The maximum atomic E-state index is 12.1. The maximum Gasteiger partial charge on any atom is 0.161 e. The van der Waals surface area contributed by atoms with Gasteiger partial charge in [-0.25, -0.2) is 0 Å². The van der Waals surface area contributed by atoms with Crippen molar-refractivity contribution in [2.45, 2.75) is 50.3 Å². The van der Waals surface area contributed by atoms with Crippen molar-refractivity contribution in [1.29, 1.82) is 0 Å². The van der Waals surface area contributed by atoms with Gasteiger partial charge in [-0.15, -0.1) is 0 Å². The third kappa shape index (κ3) is 4.82. The molecule has 144 valence electrons. The van der Waals surface area contributed by atoms with Gasteiger partial charge in [0, 0.05) is 6.42 Å². The molecule has 0 radical (unpaired) electrons. The van der Waals surface area contributed by atoms with Crippen molar-refractivity contribution < 1.29 is 34.3 Å². The number of ketones is 1. The van der Waals surface area contributed by atoms with E-state index in [0.717, 1.165) is 5.56 Å². The number of rotatable bonds is 7. The molecular weight excluding hydrogens is 340 g/mol. The molecule has 5 atom stereocenters. The van der Waals surface area contributed by atoms with Crippen molar-refractivity contribution in [2.24, 2.45) is 0 Å². The van der Waals surface area contributed by atoms with E-state index in [2.05, 4.69) is 0 Å². The summed E-state index contributed by atoms with van der Waals surface area (Å²) < 4.78 is 15.9. The first-order chi connectivity index (χ1) is 12.4. The van der Waals surface area contributed by atoms with Crippen molar-refractivity contribution in [3.8, 4) is 11.5 Å². The molecule has 0 aliphatic carbocycles. The van der Waals surface area contributed by atoms with Gasteiger partial charge in [-0.3, -0.25) is 4.79 Å². The topological polar surface area (TPSA) is 105 Å². The predicted octanol–water partition coefficient (Wildman–Crippen LogP) is 0.936. The van der Waals surface area contributed by atoms with Gasteiger partial charge in [0.25, 0.3) is 0 Å². The van der Waals surface area contributed by atoms with E-state index < -0.39 is 30.5 Å². The summed E-state index contributed by atoms with van der Waals surface area (Å²) in [4.78, 5) is 12.1. The van der Waals surface area contributed by atoms with Crippen molar-refractivity contribution in [3.63, 3.8) is 0 Å². The van der Waals surface area contributed by atoms with Gasteiger partial charge in [-0.2, -0.15) is 0 Å². The van der Waals surface area contributed by atoms with Crippen molar-refractivity contribution >= 4 is 11.9 Å². The highest BCUT2D eigenvalue weighted by Gasteiger charge is 2.41. The number of benzene rings is 1. The maximum absolute atomic E-state index is 12.1. The first kappa shape index (κ1) is 20.4.